The van der Waals surface area contributed by atoms with Crippen LogP contribution in [0.3, 0.4) is 0 Å². The number of rotatable bonds is 5. The SMILES string of the molecule is Cc1ccc(-n2cc(C3CC3)nn2)c(-c2cc(=O)n([C@H]3CCC[C@@H](C)C(=O)Nc4cnn(C(F)F)c4-c4ccnc3c4)cn2)c1F. The third-order valence-electron chi connectivity index (χ3n) is 8.69. The molecule has 0 unspecified atom stereocenters. The van der Waals surface area contributed by atoms with E-state index in [1.807, 2.05) is 0 Å². The van der Waals surface area contributed by atoms with E-state index in [1.54, 1.807) is 44.3 Å². The molecule has 0 radical (unpaired) electrons. The van der Waals surface area contributed by atoms with Gasteiger partial charge >= 0.3 is 6.55 Å². The number of fused-ring (bicyclic) bond motifs is 4. The summed E-state index contributed by atoms with van der Waals surface area (Å²) in [7, 11) is 0. The Kier molecular flexibility index (Phi) is 7.49. The Bertz CT molecular complexity index is 2010. The molecule has 5 heterocycles. The number of carbonyl (C=O) groups is 1. The lowest BCUT2D eigenvalue weighted by atomic mass is 9.97. The first-order valence-electron chi connectivity index (χ1n) is 15.1. The highest BCUT2D eigenvalue weighted by Gasteiger charge is 2.29. The summed E-state index contributed by atoms with van der Waals surface area (Å²) in [6.45, 7) is 0.434. The van der Waals surface area contributed by atoms with E-state index in [4.69, 9.17) is 0 Å². The van der Waals surface area contributed by atoms with Crippen molar-refractivity contribution in [2.75, 3.05) is 5.32 Å². The Balaban J connectivity index is 1.31. The van der Waals surface area contributed by atoms with Gasteiger partial charge in [0, 0.05) is 29.7 Å². The minimum absolute atomic E-state index is 0.0275. The van der Waals surface area contributed by atoms with Crippen LogP contribution in [0.1, 0.15) is 74.5 Å². The van der Waals surface area contributed by atoms with Crippen molar-refractivity contribution in [2.24, 2.45) is 5.92 Å². The van der Waals surface area contributed by atoms with Crippen molar-refractivity contribution in [1.29, 1.82) is 0 Å². The van der Waals surface area contributed by atoms with E-state index in [2.05, 4.69) is 30.7 Å². The van der Waals surface area contributed by atoms with E-state index in [1.165, 1.54) is 34.0 Å². The first-order chi connectivity index (χ1) is 22.2. The van der Waals surface area contributed by atoms with Gasteiger partial charge in [0.1, 0.15) is 5.82 Å². The molecule has 1 aromatic carbocycles. The fourth-order valence-electron chi connectivity index (χ4n) is 5.95. The standard InChI is InChI=1S/C32H30F3N9O2/c1-17-6-9-26(43-15-24(40-41-43)19-7-8-19)28(29(17)33)22-13-27(45)42(16-37-22)25-5-3-4-18(2)31(46)39-23-14-38-44(32(34)35)30(23)20-10-11-36-21(25)12-20/h6,9-16,18-19,25,32H,3-5,7-8H2,1-2H3,(H,39,46)/t18-,25+/m1/s1. The highest BCUT2D eigenvalue weighted by molar-refractivity contribution is 5.95. The lowest BCUT2D eigenvalue weighted by Gasteiger charge is -2.22. The maximum Gasteiger partial charge on any atom is 0.333 e. The van der Waals surface area contributed by atoms with Gasteiger partial charge in [0.05, 0.1) is 64.5 Å². The predicted molar refractivity (Wildman–Crippen MR) is 162 cm³/mol. The number of hydrogen-bond acceptors (Lipinski definition) is 7. The molecule has 2 atom stereocenters. The summed E-state index contributed by atoms with van der Waals surface area (Å²) in [4.78, 5) is 35.8. The normalized spacial score (nSPS) is 18.5. The number of carbonyl (C=O) groups excluding carboxylic acids is 1. The Morgan fingerprint density at radius 1 is 1.02 bits per heavy atom. The fraction of sp³-hybridized carbons (Fsp3) is 0.344. The second-order valence-corrected chi connectivity index (χ2v) is 11.9. The Labute approximate surface area is 261 Å². The molecule has 1 amide bonds. The second-order valence-electron chi connectivity index (χ2n) is 11.9. The number of nitrogens with zero attached hydrogens (tertiary/aromatic N) is 8. The quantitative estimate of drug-likeness (QED) is 0.260. The lowest BCUT2D eigenvalue weighted by Crippen LogP contribution is -2.27. The van der Waals surface area contributed by atoms with Crippen LogP contribution in [-0.2, 0) is 4.79 Å². The Morgan fingerprint density at radius 3 is 2.61 bits per heavy atom. The summed E-state index contributed by atoms with van der Waals surface area (Å²) in [5.74, 6) is -0.930. The fourth-order valence-corrected chi connectivity index (χ4v) is 5.95. The number of anilines is 1. The van der Waals surface area contributed by atoms with Crippen molar-refractivity contribution in [3.63, 3.8) is 0 Å². The number of amides is 1. The summed E-state index contributed by atoms with van der Waals surface area (Å²) < 4.78 is 47.1. The van der Waals surface area contributed by atoms with E-state index in [-0.39, 0.29) is 28.5 Å². The number of nitrogens with one attached hydrogen (secondary N) is 1. The highest BCUT2D eigenvalue weighted by atomic mass is 19.3. The molecule has 2 bridgehead atoms. The topological polar surface area (TPSA) is 125 Å². The van der Waals surface area contributed by atoms with Gasteiger partial charge in [-0.2, -0.15) is 13.9 Å². The average molecular weight is 630 g/mol. The molecule has 236 valence electrons. The van der Waals surface area contributed by atoms with Crippen molar-refractivity contribution in [2.45, 2.75) is 64.5 Å². The molecule has 1 fully saturated rings. The van der Waals surface area contributed by atoms with Gasteiger partial charge in [-0.05, 0) is 56.4 Å². The maximum atomic E-state index is 15.7. The average Bonchev–Trinajstić information content (AvgIpc) is 3.61. The van der Waals surface area contributed by atoms with Crippen LogP contribution < -0.4 is 10.9 Å². The third-order valence-corrected chi connectivity index (χ3v) is 8.69. The van der Waals surface area contributed by atoms with Crippen LogP contribution in [0.2, 0.25) is 0 Å². The van der Waals surface area contributed by atoms with Gasteiger partial charge < -0.3 is 5.32 Å². The molecule has 14 heteroatoms. The van der Waals surface area contributed by atoms with Gasteiger partial charge in [0.2, 0.25) is 5.91 Å². The Morgan fingerprint density at radius 2 is 1.85 bits per heavy atom. The first kappa shape index (κ1) is 29.6. The van der Waals surface area contributed by atoms with Crippen molar-refractivity contribution < 1.29 is 18.0 Å². The molecule has 1 aliphatic heterocycles. The molecule has 0 saturated heterocycles. The molecule has 46 heavy (non-hydrogen) atoms. The Hall–Kier alpha value is -5.14. The molecule has 4 aromatic heterocycles. The number of halogens is 3. The van der Waals surface area contributed by atoms with Crippen LogP contribution in [0.25, 0.3) is 28.2 Å². The number of aromatic nitrogens is 8. The number of hydrogen-bond donors (Lipinski definition) is 1. The molecule has 1 aliphatic carbocycles. The highest BCUT2D eigenvalue weighted by Crippen LogP contribution is 2.39. The zero-order valence-corrected chi connectivity index (χ0v) is 25.1. The van der Waals surface area contributed by atoms with E-state index in [0.29, 0.717) is 52.4 Å². The molecule has 1 N–H and O–H groups in total. The van der Waals surface area contributed by atoms with Gasteiger partial charge in [0.25, 0.3) is 5.56 Å². The van der Waals surface area contributed by atoms with E-state index in [0.717, 1.165) is 18.5 Å². The molecular weight excluding hydrogens is 599 g/mol. The molecule has 5 aromatic rings. The molecule has 2 aliphatic rings. The van der Waals surface area contributed by atoms with Crippen molar-refractivity contribution >= 4 is 11.6 Å². The van der Waals surface area contributed by atoms with Crippen LogP contribution in [0.4, 0.5) is 18.9 Å². The van der Waals surface area contributed by atoms with Gasteiger partial charge in [-0.25, -0.2) is 18.7 Å². The number of alkyl halides is 2. The minimum Gasteiger partial charge on any atom is -0.323 e. The van der Waals surface area contributed by atoms with E-state index < -0.39 is 29.9 Å². The number of benzene rings is 1. The van der Waals surface area contributed by atoms with Crippen molar-refractivity contribution in [1.82, 2.24) is 39.3 Å². The van der Waals surface area contributed by atoms with Gasteiger partial charge in [-0.15, -0.1) is 5.10 Å². The monoisotopic (exact) mass is 629 g/mol. The van der Waals surface area contributed by atoms with Crippen LogP contribution in [0.15, 0.2) is 60.0 Å². The largest absolute Gasteiger partial charge is 0.333 e. The van der Waals surface area contributed by atoms with Gasteiger partial charge in [-0.1, -0.05) is 24.6 Å². The second kappa shape index (κ2) is 11.7. The minimum atomic E-state index is -2.96. The van der Waals surface area contributed by atoms with Crippen molar-refractivity contribution in [3.05, 3.63) is 88.4 Å². The first-order valence-corrected chi connectivity index (χ1v) is 15.1. The maximum absolute atomic E-state index is 15.7. The third kappa shape index (κ3) is 5.37. The molecule has 1 saturated carbocycles. The summed E-state index contributed by atoms with van der Waals surface area (Å²) >= 11 is 0. The summed E-state index contributed by atoms with van der Waals surface area (Å²) in [5.41, 5.74) is 2.40. The smallest absolute Gasteiger partial charge is 0.323 e. The number of aryl methyl sites for hydroxylation is 1. The van der Waals surface area contributed by atoms with Gasteiger partial charge in [-0.3, -0.25) is 19.1 Å². The van der Waals surface area contributed by atoms with Crippen LogP contribution in [-0.4, -0.2) is 45.2 Å². The van der Waals surface area contributed by atoms with E-state index >= 15 is 4.39 Å². The van der Waals surface area contributed by atoms with Crippen LogP contribution in [0.5, 0.6) is 0 Å². The van der Waals surface area contributed by atoms with Crippen LogP contribution in [0, 0.1) is 18.7 Å². The van der Waals surface area contributed by atoms with Gasteiger partial charge in [0.15, 0.2) is 0 Å². The zero-order valence-electron chi connectivity index (χ0n) is 25.1. The molecule has 0 spiro atoms. The number of pyridine rings is 1. The summed E-state index contributed by atoms with van der Waals surface area (Å²) in [6.07, 6.45) is 9.31. The van der Waals surface area contributed by atoms with Crippen molar-refractivity contribution in [3.8, 4) is 28.2 Å². The summed E-state index contributed by atoms with van der Waals surface area (Å²) in [5, 5.41) is 15.0. The van der Waals surface area contributed by atoms with Crippen LogP contribution >= 0.6 is 0 Å². The molecular formula is C32H30F3N9O2. The predicted octanol–water partition coefficient (Wildman–Crippen LogP) is 5.82. The van der Waals surface area contributed by atoms with E-state index in [9.17, 15) is 18.4 Å². The molecule has 11 nitrogen and oxygen atoms in total. The zero-order chi connectivity index (χ0) is 32.1. The summed E-state index contributed by atoms with van der Waals surface area (Å²) in [6, 6.07) is 7.16. The lowest BCUT2D eigenvalue weighted by molar-refractivity contribution is -0.119. The molecule has 7 rings (SSSR count).